The molecule has 0 spiro atoms. The van der Waals surface area contributed by atoms with E-state index in [-0.39, 0.29) is 11.8 Å². The molecule has 0 fully saturated rings. The van der Waals surface area contributed by atoms with E-state index in [4.69, 9.17) is 9.47 Å². The van der Waals surface area contributed by atoms with Crippen LogP contribution in [0.3, 0.4) is 0 Å². The van der Waals surface area contributed by atoms with E-state index in [1.54, 1.807) is 0 Å². The van der Waals surface area contributed by atoms with E-state index in [9.17, 15) is 14.4 Å². The third-order valence-electron chi connectivity index (χ3n) is 5.82. The maximum absolute atomic E-state index is 11.3. The van der Waals surface area contributed by atoms with Gasteiger partial charge in [0.1, 0.15) is 23.2 Å². The van der Waals surface area contributed by atoms with E-state index in [1.807, 2.05) is 25.1 Å². The maximum Gasteiger partial charge on any atom is 0.329 e. The van der Waals surface area contributed by atoms with Gasteiger partial charge in [-0.05, 0) is 62.8 Å². The molecule has 29 heavy (non-hydrogen) atoms. The Morgan fingerprint density at radius 1 is 1.14 bits per heavy atom. The minimum Gasteiger partial charge on any atom is -0.490 e. The van der Waals surface area contributed by atoms with Crippen molar-refractivity contribution in [3.63, 3.8) is 0 Å². The molecule has 0 aliphatic carbocycles. The Balaban J connectivity index is 1.85. The highest BCUT2D eigenvalue weighted by molar-refractivity contribution is 7.51. The molecule has 2 rings (SSSR count). The van der Waals surface area contributed by atoms with Gasteiger partial charge in [0.05, 0.1) is 6.16 Å². The van der Waals surface area contributed by atoms with Crippen molar-refractivity contribution in [1.29, 1.82) is 0 Å². The molecule has 1 aromatic rings. The van der Waals surface area contributed by atoms with E-state index in [0.29, 0.717) is 12.2 Å². The molecule has 1 aliphatic rings. The summed E-state index contributed by atoms with van der Waals surface area (Å²) >= 11 is 0. The van der Waals surface area contributed by atoms with Gasteiger partial charge in [0.2, 0.25) is 0 Å². The van der Waals surface area contributed by atoms with Crippen molar-refractivity contribution >= 4 is 7.60 Å². The predicted molar refractivity (Wildman–Crippen MR) is 118 cm³/mol. The second-order valence-electron chi connectivity index (χ2n) is 8.69. The minimum absolute atomic E-state index is 0.106. The van der Waals surface area contributed by atoms with Crippen LogP contribution in [0.25, 0.3) is 0 Å². The zero-order valence-electron chi connectivity index (χ0n) is 18.4. The van der Waals surface area contributed by atoms with Crippen molar-refractivity contribution in [1.82, 2.24) is 0 Å². The van der Waals surface area contributed by atoms with Crippen molar-refractivity contribution in [3.8, 4) is 11.5 Å². The van der Waals surface area contributed by atoms with Gasteiger partial charge >= 0.3 is 7.60 Å². The topological polar surface area (TPSA) is 76.0 Å². The summed E-state index contributed by atoms with van der Waals surface area (Å²) in [6.07, 6.45) is 12.0. The summed E-state index contributed by atoms with van der Waals surface area (Å²) in [5.74, 6) is 1.57. The molecule has 0 bridgehead atoms. The van der Waals surface area contributed by atoms with Crippen LogP contribution in [0.2, 0.25) is 0 Å². The molecule has 2 N–H and O–H groups in total. The monoisotopic (exact) mass is 426 g/mol. The Kier molecular flexibility index (Phi) is 9.52. The van der Waals surface area contributed by atoms with E-state index in [0.717, 1.165) is 30.6 Å². The second kappa shape index (κ2) is 11.4. The van der Waals surface area contributed by atoms with E-state index >= 15 is 0 Å². The molecule has 5 nitrogen and oxygen atoms in total. The standard InChI is InChI=1S/C23H39O5P/c1-4-6-7-8-9-10-11-15-23(3)16-14-19-17-21(12-13-22(19)28-23)27-20(5-2)18-29(24,25)26/h12-13,17,20H,4-11,14-16,18H2,1-3H3,(H2,24,25,26). The van der Waals surface area contributed by atoms with Crippen LogP contribution >= 0.6 is 7.60 Å². The Morgan fingerprint density at radius 3 is 2.48 bits per heavy atom. The first-order valence-corrected chi connectivity index (χ1v) is 13.1. The molecule has 1 heterocycles. The number of unbranched alkanes of at least 4 members (excludes halogenated alkanes) is 6. The third-order valence-corrected chi connectivity index (χ3v) is 6.70. The molecule has 1 aromatic carbocycles. The van der Waals surface area contributed by atoms with Crippen molar-refractivity contribution in [2.45, 2.75) is 103 Å². The highest BCUT2D eigenvalue weighted by Gasteiger charge is 2.31. The molecule has 0 amide bonds. The summed E-state index contributed by atoms with van der Waals surface area (Å²) < 4.78 is 23.4. The van der Waals surface area contributed by atoms with Gasteiger partial charge in [-0.25, -0.2) is 0 Å². The smallest absolute Gasteiger partial charge is 0.329 e. The number of rotatable bonds is 13. The van der Waals surface area contributed by atoms with Gasteiger partial charge in [0.15, 0.2) is 0 Å². The van der Waals surface area contributed by atoms with Gasteiger partial charge in [-0.2, -0.15) is 0 Å². The lowest BCUT2D eigenvalue weighted by Gasteiger charge is -2.36. The van der Waals surface area contributed by atoms with Gasteiger partial charge in [-0.1, -0.05) is 52.4 Å². The second-order valence-corrected chi connectivity index (χ2v) is 10.4. The van der Waals surface area contributed by atoms with E-state index in [2.05, 4.69) is 13.8 Å². The normalized spacial score (nSPS) is 20.0. The number of hydrogen-bond donors (Lipinski definition) is 2. The molecule has 0 radical (unpaired) electrons. The van der Waals surface area contributed by atoms with Crippen molar-refractivity contribution < 1.29 is 23.8 Å². The van der Waals surface area contributed by atoms with Crippen LogP contribution in [0, 0.1) is 0 Å². The van der Waals surface area contributed by atoms with E-state index in [1.165, 1.54) is 44.9 Å². The fourth-order valence-electron chi connectivity index (χ4n) is 3.98. The molecule has 166 valence electrons. The Labute approximate surface area is 176 Å². The van der Waals surface area contributed by atoms with Gasteiger partial charge in [-0.3, -0.25) is 4.57 Å². The Morgan fingerprint density at radius 2 is 1.83 bits per heavy atom. The van der Waals surface area contributed by atoms with Crippen molar-refractivity contribution in [2.75, 3.05) is 6.16 Å². The Bertz CT molecular complexity index is 671. The zero-order valence-corrected chi connectivity index (χ0v) is 19.3. The summed E-state index contributed by atoms with van der Waals surface area (Å²) in [7, 11) is -4.09. The lowest BCUT2D eigenvalue weighted by Crippen LogP contribution is -2.36. The molecule has 0 saturated heterocycles. The van der Waals surface area contributed by atoms with Gasteiger partial charge < -0.3 is 19.3 Å². The first-order valence-electron chi connectivity index (χ1n) is 11.3. The minimum atomic E-state index is -4.09. The van der Waals surface area contributed by atoms with Crippen LogP contribution in [-0.2, 0) is 11.0 Å². The van der Waals surface area contributed by atoms with Crippen molar-refractivity contribution in [3.05, 3.63) is 23.8 Å². The van der Waals surface area contributed by atoms with Crippen LogP contribution in [0.5, 0.6) is 11.5 Å². The average molecular weight is 427 g/mol. The lowest BCUT2D eigenvalue weighted by molar-refractivity contribution is 0.0532. The molecule has 0 saturated carbocycles. The number of hydrogen-bond acceptors (Lipinski definition) is 3. The van der Waals surface area contributed by atoms with Gasteiger partial charge in [-0.15, -0.1) is 0 Å². The van der Waals surface area contributed by atoms with Crippen LogP contribution in [0.4, 0.5) is 0 Å². The average Bonchev–Trinajstić information content (AvgIpc) is 2.66. The number of fused-ring (bicyclic) bond motifs is 1. The number of ether oxygens (including phenoxy) is 2. The Hall–Kier alpha value is -1.03. The third kappa shape index (κ3) is 8.70. The lowest BCUT2D eigenvalue weighted by atomic mass is 9.88. The molecular weight excluding hydrogens is 387 g/mol. The molecular formula is C23H39O5P. The summed E-state index contributed by atoms with van der Waals surface area (Å²) in [6, 6.07) is 5.75. The van der Waals surface area contributed by atoms with Crippen LogP contribution in [-0.4, -0.2) is 27.7 Å². The van der Waals surface area contributed by atoms with Gasteiger partial charge in [0.25, 0.3) is 0 Å². The maximum atomic E-state index is 11.3. The van der Waals surface area contributed by atoms with Crippen LogP contribution in [0.1, 0.15) is 90.5 Å². The van der Waals surface area contributed by atoms with Crippen LogP contribution < -0.4 is 9.47 Å². The largest absolute Gasteiger partial charge is 0.490 e. The molecule has 2 atom stereocenters. The summed E-state index contributed by atoms with van der Waals surface area (Å²) in [5.41, 5.74) is 1.01. The predicted octanol–water partition coefficient (Wildman–Crippen LogP) is 6.25. The van der Waals surface area contributed by atoms with Crippen LogP contribution in [0.15, 0.2) is 18.2 Å². The fraction of sp³-hybridized carbons (Fsp3) is 0.739. The SMILES string of the molecule is CCCCCCCCCC1(C)CCc2cc(OC(CC)CP(=O)(O)O)ccc2O1. The molecule has 1 aliphatic heterocycles. The van der Waals surface area contributed by atoms with Gasteiger partial charge in [0, 0.05) is 0 Å². The first-order chi connectivity index (χ1) is 13.7. The first kappa shape index (κ1) is 24.2. The highest BCUT2D eigenvalue weighted by atomic mass is 31.2. The molecule has 2 unspecified atom stereocenters. The van der Waals surface area contributed by atoms with E-state index < -0.39 is 13.7 Å². The quantitative estimate of drug-likeness (QED) is 0.288. The summed E-state index contributed by atoms with van der Waals surface area (Å²) in [4.78, 5) is 18.4. The molecule has 6 heteroatoms. The molecule has 0 aromatic heterocycles. The van der Waals surface area contributed by atoms with Crippen molar-refractivity contribution in [2.24, 2.45) is 0 Å². The highest BCUT2D eigenvalue weighted by Crippen LogP contribution is 2.39. The number of benzene rings is 1. The zero-order chi connectivity index (χ0) is 21.3. The fourth-order valence-corrected chi connectivity index (χ4v) is 4.84. The summed E-state index contributed by atoms with van der Waals surface area (Å²) in [5, 5.41) is 0. The summed E-state index contributed by atoms with van der Waals surface area (Å²) in [6.45, 7) is 6.33. The number of aryl methyl sites for hydroxylation is 1.